The Kier molecular flexibility index (Phi) is 6.78. The fourth-order valence-corrected chi connectivity index (χ4v) is 3.67. The van der Waals surface area contributed by atoms with E-state index in [1.165, 1.54) is 6.20 Å². The number of aromatic nitrogens is 3. The molecule has 1 aromatic carbocycles. The Hall–Kier alpha value is -3.47. The molecule has 0 fully saturated rings. The topological polar surface area (TPSA) is 146 Å². The lowest BCUT2D eigenvalue weighted by atomic mass is 10.1. The molecule has 32 heavy (non-hydrogen) atoms. The summed E-state index contributed by atoms with van der Waals surface area (Å²) in [7, 11) is -3.11. The maximum atomic E-state index is 12.5. The number of nitrogens with zero attached hydrogens (tertiary/aromatic N) is 3. The second-order valence-electron chi connectivity index (χ2n) is 7.47. The lowest BCUT2D eigenvalue weighted by Crippen LogP contribution is -2.15. The minimum atomic E-state index is -3.11. The Labute approximate surface area is 185 Å². The molecule has 170 valence electrons. The molecule has 0 saturated heterocycles. The van der Waals surface area contributed by atoms with Gasteiger partial charge in [0.05, 0.1) is 11.9 Å². The predicted molar refractivity (Wildman–Crippen MR) is 120 cm³/mol. The maximum absolute atomic E-state index is 12.5. The van der Waals surface area contributed by atoms with Gasteiger partial charge in [-0.25, -0.2) is 17.9 Å². The molecule has 10 nitrogen and oxygen atoms in total. The standard InChI is InChI=1S/C21H25N5O5S/c1-13-17(14(2)26-21(24-13)18(12-23-26)20(22)28)7-8-19(27)25-15-5-4-6-16(11-15)31-9-10-32(3,29)30/h4-6,11-12H,7-10H2,1-3H3,(H2,22,28)(H,25,27). The van der Waals surface area contributed by atoms with Crippen LogP contribution in [0.1, 0.15) is 33.7 Å². The fraction of sp³-hybridized carbons (Fsp3) is 0.333. The van der Waals surface area contributed by atoms with Crippen LogP contribution < -0.4 is 15.8 Å². The number of anilines is 1. The molecule has 0 atom stereocenters. The largest absolute Gasteiger partial charge is 0.492 e. The lowest BCUT2D eigenvalue weighted by Gasteiger charge is -2.12. The number of fused-ring (bicyclic) bond motifs is 1. The van der Waals surface area contributed by atoms with E-state index in [0.29, 0.717) is 29.2 Å². The molecular weight excluding hydrogens is 434 g/mol. The first kappa shape index (κ1) is 23.2. The summed E-state index contributed by atoms with van der Waals surface area (Å²) < 4.78 is 29.4. The third-order valence-corrected chi connectivity index (χ3v) is 5.83. The second kappa shape index (κ2) is 9.35. The van der Waals surface area contributed by atoms with Crippen LogP contribution >= 0.6 is 0 Å². The van der Waals surface area contributed by atoms with Crippen molar-refractivity contribution in [1.29, 1.82) is 0 Å². The van der Waals surface area contributed by atoms with E-state index < -0.39 is 15.7 Å². The van der Waals surface area contributed by atoms with Crippen molar-refractivity contribution in [2.45, 2.75) is 26.7 Å². The van der Waals surface area contributed by atoms with E-state index in [-0.39, 0.29) is 30.3 Å². The van der Waals surface area contributed by atoms with Gasteiger partial charge in [0.2, 0.25) is 5.91 Å². The molecule has 0 spiro atoms. The number of sulfone groups is 1. The zero-order valence-corrected chi connectivity index (χ0v) is 18.9. The summed E-state index contributed by atoms with van der Waals surface area (Å²) in [5.41, 5.74) is 8.92. The third kappa shape index (κ3) is 5.61. The summed E-state index contributed by atoms with van der Waals surface area (Å²) in [4.78, 5) is 28.5. The number of ether oxygens (including phenoxy) is 1. The van der Waals surface area contributed by atoms with E-state index in [4.69, 9.17) is 10.5 Å². The number of carbonyl (C=O) groups is 2. The SMILES string of the molecule is Cc1nc2c(C(N)=O)cnn2c(C)c1CCC(=O)Nc1cccc(OCCS(C)(=O)=O)c1. The summed E-state index contributed by atoms with van der Waals surface area (Å²) in [5.74, 6) is -0.411. The fourth-order valence-electron chi connectivity index (χ4n) is 3.28. The van der Waals surface area contributed by atoms with Crippen LogP contribution in [0.15, 0.2) is 30.5 Å². The van der Waals surface area contributed by atoms with Crippen LogP contribution in [0.3, 0.4) is 0 Å². The van der Waals surface area contributed by atoms with E-state index in [1.807, 2.05) is 13.8 Å². The first-order valence-electron chi connectivity index (χ1n) is 9.89. The highest BCUT2D eigenvalue weighted by atomic mass is 32.2. The Morgan fingerprint density at radius 1 is 1.25 bits per heavy atom. The molecule has 3 N–H and O–H groups in total. The van der Waals surface area contributed by atoms with Gasteiger partial charge in [-0.05, 0) is 38.0 Å². The van der Waals surface area contributed by atoms with Gasteiger partial charge in [-0.2, -0.15) is 5.10 Å². The summed E-state index contributed by atoms with van der Waals surface area (Å²) in [6.45, 7) is 3.70. The first-order chi connectivity index (χ1) is 15.0. The van der Waals surface area contributed by atoms with Crippen molar-refractivity contribution in [2.24, 2.45) is 5.73 Å². The van der Waals surface area contributed by atoms with Crippen LogP contribution in [0.4, 0.5) is 5.69 Å². The molecule has 11 heteroatoms. The molecule has 0 bridgehead atoms. The number of carbonyl (C=O) groups excluding carboxylic acids is 2. The number of amides is 2. The number of aryl methyl sites for hydroxylation is 2. The molecule has 2 amide bonds. The third-order valence-electron chi connectivity index (χ3n) is 4.92. The lowest BCUT2D eigenvalue weighted by molar-refractivity contribution is -0.116. The van der Waals surface area contributed by atoms with Crippen molar-refractivity contribution in [1.82, 2.24) is 14.6 Å². The molecule has 0 aliphatic carbocycles. The van der Waals surface area contributed by atoms with Crippen LogP contribution in [-0.2, 0) is 21.1 Å². The van der Waals surface area contributed by atoms with Crippen LogP contribution in [0.5, 0.6) is 5.75 Å². The normalized spacial score (nSPS) is 11.5. The maximum Gasteiger partial charge on any atom is 0.254 e. The van der Waals surface area contributed by atoms with E-state index in [2.05, 4.69) is 15.4 Å². The van der Waals surface area contributed by atoms with E-state index >= 15 is 0 Å². The molecule has 0 unspecified atom stereocenters. The molecule has 2 aromatic heterocycles. The Balaban J connectivity index is 1.65. The van der Waals surface area contributed by atoms with Crippen molar-refractivity contribution in [2.75, 3.05) is 23.9 Å². The zero-order valence-electron chi connectivity index (χ0n) is 18.1. The number of nitrogens with two attached hydrogens (primary N) is 1. The molecule has 2 heterocycles. The van der Waals surface area contributed by atoms with Crippen molar-refractivity contribution in [3.8, 4) is 5.75 Å². The van der Waals surface area contributed by atoms with Crippen molar-refractivity contribution < 1.29 is 22.7 Å². The van der Waals surface area contributed by atoms with Gasteiger partial charge in [0.15, 0.2) is 15.5 Å². The molecule has 0 aliphatic heterocycles. The van der Waals surface area contributed by atoms with Crippen molar-refractivity contribution in [3.05, 3.63) is 53.0 Å². The van der Waals surface area contributed by atoms with E-state index in [1.54, 1.807) is 28.8 Å². The Bertz CT molecular complexity index is 1280. The highest BCUT2D eigenvalue weighted by Gasteiger charge is 2.17. The minimum absolute atomic E-state index is 0.0369. The van der Waals surface area contributed by atoms with E-state index in [9.17, 15) is 18.0 Å². The quantitative estimate of drug-likeness (QED) is 0.492. The average molecular weight is 460 g/mol. The Morgan fingerprint density at radius 3 is 2.69 bits per heavy atom. The Morgan fingerprint density at radius 2 is 2.00 bits per heavy atom. The van der Waals surface area contributed by atoms with Crippen LogP contribution in [-0.4, -0.2) is 53.4 Å². The smallest absolute Gasteiger partial charge is 0.254 e. The second-order valence-corrected chi connectivity index (χ2v) is 9.73. The van der Waals surface area contributed by atoms with Crippen molar-refractivity contribution >= 4 is 33.0 Å². The minimum Gasteiger partial charge on any atom is -0.492 e. The summed E-state index contributed by atoms with van der Waals surface area (Å²) >= 11 is 0. The van der Waals surface area contributed by atoms with Gasteiger partial charge >= 0.3 is 0 Å². The zero-order chi connectivity index (χ0) is 23.5. The van der Waals surface area contributed by atoms with Gasteiger partial charge in [0.1, 0.15) is 17.9 Å². The summed E-state index contributed by atoms with van der Waals surface area (Å²) in [6, 6.07) is 6.77. The van der Waals surface area contributed by atoms with E-state index in [0.717, 1.165) is 17.5 Å². The first-order valence-corrected chi connectivity index (χ1v) is 12.0. The highest BCUT2D eigenvalue weighted by molar-refractivity contribution is 7.90. The van der Waals surface area contributed by atoms with Gasteiger partial charge in [-0.15, -0.1) is 0 Å². The predicted octanol–water partition coefficient (Wildman–Crippen LogP) is 1.44. The number of primary amides is 1. The summed E-state index contributed by atoms with van der Waals surface area (Å²) in [5, 5.41) is 7.00. The number of nitrogens with one attached hydrogen (secondary N) is 1. The van der Waals surface area contributed by atoms with Crippen LogP contribution in [0.2, 0.25) is 0 Å². The van der Waals surface area contributed by atoms with Crippen LogP contribution in [0.25, 0.3) is 5.65 Å². The molecule has 0 saturated carbocycles. The highest BCUT2D eigenvalue weighted by Crippen LogP contribution is 2.20. The molecular formula is C21H25N5O5S. The van der Waals surface area contributed by atoms with Gasteiger partial charge in [0, 0.05) is 35.8 Å². The van der Waals surface area contributed by atoms with Crippen LogP contribution in [0, 0.1) is 13.8 Å². The van der Waals surface area contributed by atoms with Crippen molar-refractivity contribution in [3.63, 3.8) is 0 Å². The number of benzene rings is 1. The number of rotatable bonds is 9. The van der Waals surface area contributed by atoms with Gasteiger partial charge < -0.3 is 15.8 Å². The number of hydrogen-bond donors (Lipinski definition) is 2. The number of hydrogen-bond acceptors (Lipinski definition) is 7. The average Bonchev–Trinajstić information content (AvgIpc) is 3.11. The van der Waals surface area contributed by atoms with Gasteiger partial charge in [-0.3, -0.25) is 9.59 Å². The monoisotopic (exact) mass is 459 g/mol. The van der Waals surface area contributed by atoms with Gasteiger partial charge in [-0.1, -0.05) is 6.07 Å². The molecule has 0 radical (unpaired) electrons. The molecule has 3 rings (SSSR count). The van der Waals surface area contributed by atoms with Gasteiger partial charge in [0.25, 0.3) is 5.91 Å². The molecule has 0 aliphatic rings. The summed E-state index contributed by atoms with van der Waals surface area (Å²) in [6.07, 6.45) is 3.17. The molecule has 3 aromatic rings.